The van der Waals surface area contributed by atoms with E-state index >= 15 is 0 Å². The number of hydrogen-bond acceptors (Lipinski definition) is 4. The molecular formula is C22H13F5N4. The number of aromatic nitrogens is 2. The lowest BCUT2D eigenvalue weighted by molar-refractivity contribution is 0.377. The van der Waals surface area contributed by atoms with Crippen LogP contribution in [0, 0.1) is 36.0 Å². The van der Waals surface area contributed by atoms with Gasteiger partial charge in [-0.15, -0.1) is 0 Å². The first-order valence-corrected chi connectivity index (χ1v) is 9.01. The maximum atomic E-state index is 13.8. The van der Waals surface area contributed by atoms with Crippen molar-refractivity contribution >= 4 is 22.9 Å². The van der Waals surface area contributed by atoms with Gasteiger partial charge in [-0.25, -0.2) is 31.9 Å². The minimum Gasteiger partial charge on any atom is -0.261 e. The van der Waals surface area contributed by atoms with Crippen molar-refractivity contribution in [3.8, 4) is 11.4 Å². The molecule has 0 aliphatic rings. The summed E-state index contributed by atoms with van der Waals surface area (Å²) in [6.45, 7) is 1.94. The molecule has 31 heavy (non-hydrogen) atoms. The molecule has 1 aromatic heterocycles. The molecule has 1 N–H and O–H groups in total. The molecule has 0 aliphatic carbocycles. The summed E-state index contributed by atoms with van der Waals surface area (Å²) >= 11 is 0. The molecule has 0 saturated heterocycles. The third kappa shape index (κ3) is 3.81. The van der Waals surface area contributed by atoms with E-state index in [1.165, 1.54) is 0 Å². The van der Waals surface area contributed by atoms with E-state index < -0.39 is 34.6 Å². The Morgan fingerprint density at radius 2 is 1.39 bits per heavy atom. The zero-order chi connectivity index (χ0) is 22.1. The molecule has 156 valence electrons. The Labute approximate surface area is 173 Å². The van der Waals surface area contributed by atoms with E-state index in [1.807, 2.05) is 31.2 Å². The molecule has 0 fully saturated rings. The number of hydrazone groups is 1. The predicted molar refractivity (Wildman–Crippen MR) is 107 cm³/mol. The Balaban J connectivity index is 1.75. The van der Waals surface area contributed by atoms with Crippen LogP contribution in [0.4, 0.5) is 27.8 Å². The van der Waals surface area contributed by atoms with Crippen molar-refractivity contribution < 1.29 is 22.0 Å². The number of halogens is 5. The molecule has 4 aromatic rings. The molecule has 0 spiro atoms. The highest BCUT2D eigenvalue weighted by Crippen LogP contribution is 2.26. The van der Waals surface area contributed by atoms with Crippen LogP contribution < -0.4 is 5.43 Å². The van der Waals surface area contributed by atoms with Crippen molar-refractivity contribution in [2.24, 2.45) is 5.10 Å². The van der Waals surface area contributed by atoms with Crippen LogP contribution in [-0.4, -0.2) is 16.2 Å². The number of benzene rings is 3. The van der Waals surface area contributed by atoms with Crippen LogP contribution in [0.2, 0.25) is 0 Å². The quantitative estimate of drug-likeness (QED) is 0.148. The summed E-state index contributed by atoms with van der Waals surface area (Å²) in [5.74, 6) is -9.72. The molecule has 3 aromatic carbocycles. The maximum absolute atomic E-state index is 13.8. The number of nitrogens with one attached hydrogen (secondary N) is 1. The van der Waals surface area contributed by atoms with Crippen LogP contribution in [0.25, 0.3) is 22.3 Å². The Hall–Kier alpha value is -3.88. The van der Waals surface area contributed by atoms with Crippen LogP contribution in [0.1, 0.15) is 11.1 Å². The Morgan fingerprint density at radius 3 is 2.06 bits per heavy atom. The fourth-order valence-corrected chi connectivity index (χ4v) is 2.89. The van der Waals surface area contributed by atoms with Gasteiger partial charge in [0.05, 0.1) is 17.3 Å². The van der Waals surface area contributed by atoms with Gasteiger partial charge in [0.25, 0.3) is 0 Å². The maximum Gasteiger partial charge on any atom is 0.200 e. The first-order chi connectivity index (χ1) is 14.9. The molecule has 0 radical (unpaired) electrons. The van der Waals surface area contributed by atoms with E-state index in [4.69, 9.17) is 0 Å². The van der Waals surface area contributed by atoms with Crippen LogP contribution >= 0.6 is 0 Å². The van der Waals surface area contributed by atoms with Crippen LogP contribution in [0.5, 0.6) is 0 Å². The van der Waals surface area contributed by atoms with Crippen molar-refractivity contribution in [2.45, 2.75) is 6.92 Å². The minimum absolute atomic E-state index is 0.196. The third-order valence-corrected chi connectivity index (χ3v) is 4.52. The average molecular weight is 428 g/mol. The lowest BCUT2D eigenvalue weighted by atomic mass is 10.1. The highest BCUT2D eigenvalue weighted by Gasteiger charge is 2.24. The normalized spacial score (nSPS) is 11.4. The van der Waals surface area contributed by atoms with Crippen molar-refractivity contribution in [3.63, 3.8) is 0 Å². The van der Waals surface area contributed by atoms with Crippen LogP contribution in [0.3, 0.4) is 0 Å². The number of para-hydroxylation sites is 1. The highest BCUT2D eigenvalue weighted by atomic mass is 19.2. The van der Waals surface area contributed by atoms with Crippen molar-refractivity contribution in [2.75, 3.05) is 5.43 Å². The second-order valence-corrected chi connectivity index (χ2v) is 6.63. The number of aryl methyl sites for hydroxylation is 1. The van der Waals surface area contributed by atoms with E-state index in [0.717, 1.165) is 11.1 Å². The van der Waals surface area contributed by atoms with Gasteiger partial charge >= 0.3 is 0 Å². The fourth-order valence-electron chi connectivity index (χ4n) is 2.89. The molecule has 0 atom stereocenters. The standard InChI is InChI=1S/C22H13F5N4/c1-11-6-8-12(9-7-11)21-29-15-5-3-2-4-13(15)22(30-21)31-28-10-14-16(23)18(25)20(27)19(26)17(14)24/h2-10H,1H3,(H,29,30,31). The van der Waals surface area contributed by atoms with Crippen LogP contribution in [-0.2, 0) is 0 Å². The molecule has 4 rings (SSSR count). The van der Waals surface area contributed by atoms with E-state index in [0.29, 0.717) is 22.9 Å². The molecule has 1 heterocycles. The molecular weight excluding hydrogens is 415 g/mol. The molecule has 4 nitrogen and oxygen atoms in total. The van der Waals surface area contributed by atoms with Crippen LogP contribution in [0.15, 0.2) is 53.6 Å². The number of anilines is 1. The molecule has 9 heteroatoms. The Morgan fingerprint density at radius 1 is 0.774 bits per heavy atom. The Bertz CT molecular complexity index is 1290. The summed E-state index contributed by atoms with van der Waals surface area (Å²) in [6.07, 6.45) is 0.513. The smallest absolute Gasteiger partial charge is 0.200 e. The van der Waals surface area contributed by atoms with Gasteiger partial charge in [0.15, 0.2) is 34.9 Å². The van der Waals surface area contributed by atoms with Gasteiger partial charge in [0.2, 0.25) is 5.82 Å². The van der Waals surface area contributed by atoms with Crippen molar-refractivity contribution in [3.05, 3.63) is 88.7 Å². The first-order valence-electron chi connectivity index (χ1n) is 9.01. The molecule has 0 saturated carbocycles. The van der Waals surface area contributed by atoms with Gasteiger partial charge in [-0.3, -0.25) is 5.43 Å². The first kappa shape index (κ1) is 20.4. The number of hydrogen-bond donors (Lipinski definition) is 1. The molecule has 0 aliphatic heterocycles. The zero-order valence-electron chi connectivity index (χ0n) is 15.9. The van der Waals surface area contributed by atoms with Gasteiger partial charge in [-0.1, -0.05) is 42.0 Å². The van der Waals surface area contributed by atoms with Crippen molar-refractivity contribution in [1.29, 1.82) is 0 Å². The second kappa shape index (κ2) is 8.10. The van der Waals surface area contributed by atoms with Gasteiger partial charge in [-0.2, -0.15) is 5.10 Å². The van der Waals surface area contributed by atoms with Gasteiger partial charge in [-0.05, 0) is 19.1 Å². The van der Waals surface area contributed by atoms with E-state index in [-0.39, 0.29) is 5.82 Å². The number of rotatable bonds is 4. The van der Waals surface area contributed by atoms with Crippen molar-refractivity contribution in [1.82, 2.24) is 9.97 Å². The fraction of sp³-hybridized carbons (Fsp3) is 0.0455. The summed E-state index contributed by atoms with van der Waals surface area (Å²) in [4.78, 5) is 8.89. The topological polar surface area (TPSA) is 50.2 Å². The monoisotopic (exact) mass is 428 g/mol. The summed E-state index contributed by atoms with van der Waals surface area (Å²) in [6, 6.07) is 14.4. The zero-order valence-corrected chi connectivity index (χ0v) is 15.9. The minimum atomic E-state index is -2.23. The van der Waals surface area contributed by atoms with Gasteiger partial charge in [0, 0.05) is 10.9 Å². The van der Waals surface area contributed by atoms with E-state index in [2.05, 4.69) is 20.5 Å². The Kier molecular flexibility index (Phi) is 5.33. The number of fused-ring (bicyclic) bond motifs is 1. The largest absolute Gasteiger partial charge is 0.261 e. The lowest BCUT2D eigenvalue weighted by Crippen LogP contribution is -2.07. The summed E-state index contributed by atoms with van der Waals surface area (Å²) in [5.41, 5.74) is 3.69. The lowest BCUT2D eigenvalue weighted by Gasteiger charge is -2.09. The molecule has 0 amide bonds. The third-order valence-electron chi connectivity index (χ3n) is 4.52. The highest BCUT2D eigenvalue weighted by molar-refractivity contribution is 5.91. The molecule has 0 unspecified atom stereocenters. The summed E-state index contributed by atoms with van der Waals surface area (Å²) < 4.78 is 67.6. The van der Waals surface area contributed by atoms with Gasteiger partial charge < -0.3 is 0 Å². The molecule has 0 bridgehead atoms. The second-order valence-electron chi connectivity index (χ2n) is 6.63. The van der Waals surface area contributed by atoms with E-state index in [1.54, 1.807) is 24.3 Å². The SMILES string of the molecule is Cc1ccc(-c2nc(NN=Cc3c(F)c(F)c(F)c(F)c3F)c3ccccc3n2)cc1. The summed E-state index contributed by atoms with van der Waals surface area (Å²) in [5, 5.41) is 4.19. The average Bonchev–Trinajstić information content (AvgIpc) is 2.79. The summed E-state index contributed by atoms with van der Waals surface area (Å²) in [7, 11) is 0. The number of nitrogens with zero attached hydrogens (tertiary/aromatic N) is 3. The van der Waals surface area contributed by atoms with E-state index in [9.17, 15) is 22.0 Å². The van der Waals surface area contributed by atoms with Gasteiger partial charge in [0.1, 0.15) is 0 Å². The predicted octanol–water partition coefficient (Wildman–Crippen LogP) is 5.75.